The first-order valence-corrected chi connectivity index (χ1v) is 14.6. The predicted octanol–water partition coefficient (Wildman–Crippen LogP) is 9.03. The summed E-state index contributed by atoms with van der Waals surface area (Å²) >= 11 is 1.90. The van der Waals surface area contributed by atoms with Crippen LogP contribution in [0.25, 0.3) is 6.08 Å². The van der Waals surface area contributed by atoms with E-state index in [1.807, 2.05) is 11.8 Å². The van der Waals surface area contributed by atoms with E-state index in [9.17, 15) is 0 Å². The molecule has 0 saturated heterocycles. The van der Waals surface area contributed by atoms with Crippen molar-refractivity contribution in [1.82, 2.24) is 0 Å². The van der Waals surface area contributed by atoms with Gasteiger partial charge in [-0.25, -0.2) is 0 Å². The van der Waals surface area contributed by atoms with Gasteiger partial charge in [0.15, 0.2) is 0 Å². The molecule has 176 valence electrons. The van der Waals surface area contributed by atoms with Crippen LogP contribution in [0, 0.1) is 30.1 Å². The molecule has 5 rings (SSSR count). The molecule has 0 radical (unpaired) electrons. The molecule has 0 amide bonds. The van der Waals surface area contributed by atoms with Gasteiger partial charge in [-0.05, 0) is 121 Å². The monoisotopic (exact) mass is 458 g/mol. The van der Waals surface area contributed by atoms with Crippen LogP contribution in [0.4, 0.5) is 0 Å². The number of thioether (sulfide) groups is 1. The van der Waals surface area contributed by atoms with E-state index >= 15 is 0 Å². The van der Waals surface area contributed by atoms with Crippen molar-refractivity contribution in [1.29, 1.82) is 0 Å². The third-order valence-electron chi connectivity index (χ3n) is 9.95. The van der Waals surface area contributed by atoms with E-state index in [4.69, 9.17) is 0 Å². The van der Waals surface area contributed by atoms with Crippen LogP contribution < -0.4 is 0 Å². The van der Waals surface area contributed by atoms with Gasteiger partial charge in [-0.15, -0.1) is 11.8 Å². The molecular formula is C32H42S. The number of fused-ring (bicyclic) bond motifs is 5. The van der Waals surface area contributed by atoms with Crippen LogP contribution >= 0.6 is 11.8 Å². The minimum Gasteiger partial charge on any atom is -0.129 e. The minimum absolute atomic E-state index is 0.468. The first-order valence-electron chi connectivity index (χ1n) is 13.4. The standard InChI is InChI=1S/C32H42S/c1-7-22-9-11-27-25(16-22)10-12-29-28(27)13-14-32(5)21(4)26(19-30(29)32)18-23-15-20(3)31(33-6)24(8-2)17-23/h9,11,15-18,21,28-30H,7-8,10,12-14,19H2,1-6H3/b26-18+. The number of aryl methyl sites for hydroxylation is 4. The van der Waals surface area contributed by atoms with Crippen molar-refractivity contribution >= 4 is 17.8 Å². The van der Waals surface area contributed by atoms with Crippen LogP contribution in [0.5, 0.6) is 0 Å². The molecule has 2 aromatic carbocycles. The molecule has 1 heteroatoms. The molecule has 0 heterocycles. The van der Waals surface area contributed by atoms with Crippen molar-refractivity contribution in [2.45, 2.75) is 90.4 Å². The summed E-state index contributed by atoms with van der Waals surface area (Å²) in [5.41, 5.74) is 11.5. The van der Waals surface area contributed by atoms with Gasteiger partial charge in [-0.3, -0.25) is 0 Å². The van der Waals surface area contributed by atoms with Gasteiger partial charge in [0.2, 0.25) is 0 Å². The number of benzene rings is 2. The molecule has 2 aromatic rings. The zero-order chi connectivity index (χ0) is 23.3. The first-order chi connectivity index (χ1) is 15.9. The lowest BCUT2D eigenvalue weighted by atomic mass is 9.54. The van der Waals surface area contributed by atoms with Gasteiger partial charge in [0, 0.05) is 4.90 Å². The van der Waals surface area contributed by atoms with E-state index in [1.54, 1.807) is 16.7 Å². The SMILES string of the molecule is CCc1ccc2c(c1)CCC1C2CCC2(C)C(C)/C(=C/c3cc(C)c(SC)c(CC)c3)CC12. The maximum atomic E-state index is 2.63. The third kappa shape index (κ3) is 3.83. The molecule has 33 heavy (non-hydrogen) atoms. The second-order valence-electron chi connectivity index (χ2n) is 11.4. The van der Waals surface area contributed by atoms with Crippen LogP contribution in [0.3, 0.4) is 0 Å². The molecule has 0 N–H and O–H groups in total. The average molecular weight is 459 g/mol. The van der Waals surface area contributed by atoms with Gasteiger partial charge in [-0.2, -0.15) is 0 Å². The second kappa shape index (κ2) is 8.95. The smallest absolute Gasteiger partial charge is 0.0131 e. The van der Waals surface area contributed by atoms with E-state index in [-0.39, 0.29) is 0 Å². The highest BCUT2D eigenvalue weighted by molar-refractivity contribution is 7.98. The Morgan fingerprint density at radius 3 is 2.64 bits per heavy atom. The number of rotatable bonds is 4. The van der Waals surface area contributed by atoms with E-state index in [1.165, 1.54) is 59.3 Å². The minimum atomic E-state index is 0.468. The summed E-state index contributed by atoms with van der Waals surface area (Å²) in [6.07, 6.45) is 13.8. The first kappa shape index (κ1) is 23.3. The highest BCUT2D eigenvalue weighted by Gasteiger charge is 2.54. The van der Waals surface area contributed by atoms with Crippen molar-refractivity contribution in [3.8, 4) is 0 Å². The summed E-state index contributed by atoms with van der Waals surface area (Å²) in [5.74, 6) is 3.19. The number of hydrogen-bond donors (Lipinski definition) is 0. The van der Waals surface area contributed by atoms with Crippen LogP contribution in [-0.2, 0) is 19.3 Å². The maximum absolute atomic E-state index is 2.63. The Morgan fingerprint density at radius 1 is 1.09 bits per heavy atom. The van der Waals surface area contributed by atoms with Crippen molar-refractivity contribution < 1.29 is 0 Å². The highest BCUT2D eigenvalue weighted by atomic mass is 32.2. The Morgan fingerprint density at radius 2 is 1.91 bits per heavy atom. The molecule has 2 saturated carbocycles. The quantitative estimate of drug-likeness (QED) is 0.412. The van der Waals surface area contributed by atoms with Gasteiger partial charge in [-0.1, -0.05) is 69.7 Å². The highest BCUT2D eigenvalue weighted by Crippen LogP contribution is 2.64. The maximum Gasteiger partial charge on any atom is 0.0131 e. The molecule has 5 unspecified atom stereocenters. The Balaban J connectivity index is 1.46. The van der Waals surface area contributed by atoms with Crippen molar-refractivity contribution in [2.75, 3.05) is 6.26 Å². The molecule has 0 aliphatic heterocycles. The van der Waals surface area contributed by atoms with E-state index in [0.717, 1.165) is 30.6 Å². The largest absolute Gasteiger partial charge is 0.129 e. The van der Waals surface area contributed by atoms with E-state index < -0.39 is 0 Å². The number of allylic oxidation sites excluding steroid dienone is 1. The normalized spacial score (nSPS) is 31.9. The molecule has 3 aliphatic carbocycles. The van der Waals surface area contributed by atoms with Crippen molar-refractivity contribution in [2.24, 2.45) is 23.2 Å². The van der Waals surface area contributed by atoms with Gasteiger partial charge in [0.25, 0.3) is 0 Å². The lowest BCUT2D eigenvalue weighted by Crippen LogP contribution is -2.41. The molecule has 2 fully saturated rings. The van der Waals surface area contributed by atoms with E-state index in [0.29, 0.717) is 11.3 Å². The second-order valence-corrected chi connectivity index (χ2v) is 12.2. The lowest BCUT2D eigenvalue weighted by molar-refractivity contribution is 0.0350. The third-order valence-corrected chi connectivity index (χ3v) is 10.9. The van der Waals surface area contributed by atoms with Gasteiger partial charge in [0.1, 0.15) is 0 Å². The molecule has 0 spiro atoms. The van der Waals surface area contributed by atoms with Crippen molar-refractivity contribution in [3.05, 3.63) is 69.3 Å². The lowest BCUT2D eigenvalue weighted by Gasteiger charge is -2.50. The molecule has 0 nitrogen and oxygen atoms in total. The number of hydrogen-bond acceptors (Lipinski definition) is 1. The molecular weight excluding hydrogens is 416 g/mol. The summed E-state index contributed by atoms with van der Waals surface area (Å²) in [4.78, 5) is 1.48. The van der Waals surface area contributed by atoms with Crippen molar-refractivity contribution in [3.63, 3.8) is 0 Å². The predicted molar refractivity (Wildman–Crippen MR) is 145 cm³/mol. The van der Waals surface area contributed by atoms with Gasteiger partial charge < -0.3 is 0 Å². The zero-order valence-electron chi connectivity index (χ0n) is 21.6. The summed E-state index contributed by atoms with van der Waals surface area (Å²) in [6.45, 7) is 12.0. The fourth-order valence-electron chi connectivity index (χ4n) is 7.89. The summed E-state index contributed by atoms with van der Waals surface area (Å²) in [5, 5.41) is 0. The van der Waals surface area contributed by atoms with Crippen LogP contribution in [-0.4, -0.2) is 6.26 Å². The topological polar surface area (TPSA) is 0 Å². The van der Waals surface area contributed by atoms with Gasteiger partial charge >= 0.3 is 0 Å². The summed E-state index contributed by atoms with van der Waals surface area (Å²) < 4.78 is 0. The summed E-state index contributed by atoms with van der Waals surface area (Å²) in [7, 11) is 0. The van der Waals surface area contributed by atoms with Crippen LogP contribution in [0.2, 0.25) is 0 Å². The fourth-order valence-corrected chi connectivity index (χ4v) is 8.74. The Labute approximate surface area is 206 Å². The molecule has 0 aromatic heterocycles. The Kier molecular flexibility index (Phi) is 6.32. The molecule has 0 bridgehead atoms. The average Bonchev–Trinajstić information content (AvgIpc) is 3.08. The van der Waals surface area contributed by atoms with Gasteiger partial charge in [0.05, 0.1) is 0 Å². The van der Waals surface area contributed by atoms with Crippen LogP contribution in [0.15, 0.2) is 40.8 Å². The van der Waals surface area contributed by atoms with E-state index in [2.05, 4.69) is 77.3 Å². The Hall–Kier alpha value is -1.47. The zero-order valence-corrected chi connectivity index (χ0v) is 22.4. The fraction of sp³-hybridized carbons (Fsp3) is 0.562. The molecule has 3 aliphatic rings. The Bertz CT molecular complexity index is 1080. The molecule has 5 atom stereocenters. The van der Waals surface area contributed by atoms with Crippen LogP contribution in [0.1, 0.15) is 92.7 Å². The summed E-state index contributed by atoms with van der Waals surface area (Å²) in [6, 6.07) is 12.3.